The molecule has 0 radical (unpaired) electrons. The van der Waals surface area contributed by atoms with Crippen LogP contribution in [0.1, 0.15) is 18.4 Å². The van der Waals surface area contributed by atoms with Crippen LogP contribution in [0.5, 0.6) is 11.5 Å². The van der Waals surface area contributed by atoms with Gasteiger partial charge in [-0.05, 0) is 30.5 Å². The minimum Gasteiger partial charge on any atom is -0.454 e. The molecule has 0 spiro atoms. The molecule has 1 heterocycles. The zero-order valence-electron chi connectivity index (χ0n) is 7.62. The molecule has 0 saturated heterocycles. The molecule has 0 unspecified atom stereocenters. The van der Waals surface area contributed by atoms with Gasteiger partial charge >= 0.3 is 0 Å². The van der Waals surface area contributed by atoms with Gasteiger partial charge in [-0.15, -0.1) is 0 Å². The van der Waals surface area contributed by atoms with E-state index in [1.807, 2.05) is 18.2 Å². The molecule has 1 fully saturated rings. The summed E-state index contributed by atoms with van der Waals surface area (Å²) in [5.74, 6) is 1.55. The summed E-state index contributed by atoms with van der Waals surface area (Å²) >= 11 is 0. The third-order valence-corrected chi connectivity index (χ3v) is 2.89. The molecule has 1 aromatic rings. The van der Waals surface area contributed by atoms with Crippen LogP contribution in [0.4, 0.5) is 0 Å². The monoisotopic (exact) mass is 187 g/mol. The van der Waals surface area contributed by atoms with E-state index in [1.54, 1.807) is 0 Å². The Bertz CT molecular complexity index is 429. The molecule has 2 aliphatic rings. The molecular weight excluding hydrogens is 178 g/mol. The van der Waals surface area contributed by atoms with Crippen molar-refractivity contribution in [1.29, 1.82) is 5.26 Å². The summed E-state index contributed by atoms with van der Waals surface area (Å²) in [6.07, 6.45) is 1.92. The molecule has 0 N–H and O–H groups in total. The van der Waals surface area contributed by atoms with Crippen LogP contribution < -0.4 is 9.47 Å². The van der Waals surface area contributed by atoms with E-state index in [-0.39, 0.29) is 5.41 Å². The van der Waals surface area contributed by atoms with Gasteiger partial charge in [0.1, 0.15) is 0 Å². The Kier molecular flexibility index (Phi) is 1.33. The first-order valence-electron chi connectivity index (χ1n) is 4.65. The van der Waals surface area contributed by atoms with Crippen molar-refractivity contribution in [1.82, 2.24) is 0 Å². The van der Waals surface area contributed by atoms with Gasteiger partial charge in [0.15, 0.2) is 11.5 Å². The first-order valence-corrected chi connectivity index (χ1v) is 4.65. The van der Waals surface area contributed by atoms with Crippen molar-refractivity contribution >= 4 is 0 Å². The predicted molar refractivity (Wildman–Crippen MR) is 49.1 cm³/mol. The van der Waals surface area contributed by atoms with Crippen LogP contribution in [0.3, 0.4) is 0 Å². The second-order valence-electron chi connectivity index (χ2n) is 3.76. The van der Waals surface area contributed by atoms with Crippen molar-refractivity contribution < 1.29 is 9.47 Å². The fraction of sp³-hybridized carbons (Fsp3) is 0.364. The van der Waals surface area contributed by atoms with Crippen molar-refractivity contribution in [2.75, 3.05) is 6.79 Å². The van der Waals surface area contributed by atoms with Gasteiger partial charge in [0.05, 0.1) is 11.5 Å². The van der Waals surface area contributed by atoms with Crippen LogP contribution >= 0.6 is 0 Å². The van der Waals surface area contributed by atoms with Gasteiger partial charge in [0, 0.05) is 0 Å². The molecule has 1 aliphatic carbocycles. The molecule has 3 heteroatoms. The highest BCUT2D eigenvalue weighted by atomic mass is 16.7. The molecular formula is C11H9NO2. The molecule has 1 aromatic carbocycles. The zero-order valence-corrected chi connectivity index (χ0v) is 7.62. The molecule has 1 aliphatic heterocycles. The summed E-state index contributed by atoms with van der Waals surface area (Å²) in [5, 5.41) is 9.04. The molecule has 1 saturated carbocycles. The fourth-order valence-electron chi connectivity index (χ4n) is 1.78. The van der Waals surface area contributed by atoms with Crippen LogP contribution in [-0.2, 0) is 5.41 Å². The van der Waals surface area contributed by atoms with Crippen LogP contribution in [0, 0.1) is 11.3 Å². The maximum absolute atomic E-state index is 9.04. The molecule has 0 aromatic heterocycles. The Hall–Kier alpha value is -1.69. The number of fused-ring (bicyclic) bond motifs is 1. The number of rotatable bonds is 1. The zero-order chi connectivity index (χ0) is 9.60. The van der Waals surface area contributed by atoms with Gasteiger partial charge in [-0.2, -0.15) is 5.26 Å². The Labute approximate surface area is 81.9 Å². The summed E-state index contributed by atoms with van der Waals surface area (Å²) in [5.41, 5.74) is 0.824. The van der Waals surface area contributed by atoms with Crippen LogP contribution in [0.2, 0.25) is 0 Å². The van der Waals surface area contributed by atoms with Gasteiger partial charge in [0.2, 0.25) is 6.79 Å². The predicted octanol–water partition coefficient (Wildman–Crippen LogP) is 1.97. The molecule has 0 bridgehead atoms. The molecule has 14 heavy (non-hydrogen) atoms. The van der Waals surface area contributed by atoms with E-state index >= 15 is 0 Å². The van der Waals surface area contributed by atoms with Crippen LogP contribution in [-0.4, -0.2) is 6.79 Å². The van der Waals surface area contributed by atoms with E-state index in [1.165, 1.54) is 0 Å². The SMILES string of the molecule is N#CC1(c2ccc3c(c2)OCO3)CC1. The maximum atomic E-state index is 9.04. The summed E-state index contributed by atoms with van der Waals surface area (Å²) in [6, 6.07) is 8.14. The van der Waals surface area contributed by atoms with E-state index in [4.69, 9.17) is 14.7 Å². The third kappa shape index (κ3) is 0.912. The normalized spacial score (nSPS) is 20.2. The standard InChI is InChI=1S/C11H9NO2/c12-6-11(3-4-11)8-1-2-9-10(5-8)14-7-13-9/h1-2,5H,3-4,7H2. The quantitative estimate of drug-likeness (QED) is 0.675. The van der Waals surface area contributed by atoms with Gasteiger partial charge in [-0.3, -0.25) is 0 Å². The summed E-state index contributed by atoms with van der Waals surface area (Å²) in [7, 11) is 0. The highest BCUT2D eigenvalue weighted by Crippen LogP contribution is 2.49. The van der Waals surface area contributed by atoms with Gasteiger partial charge in [-0.25, -0.2) is 0 Å². The summed E-state index contributed by atoms with van der Waals surface area (Å²) in [6.45, 7) is 0.290. The lowest BCUT2D eigenvalue weighted by Gasteiger charge is -2.06. The van der Waals surface area contributed by atoms with Crippen molar-refractivity contribution in [2.45, 2.75) is 18.3 Å². The van der Waals surface area contributed by atoms with E-state index < -0.39 is 0 Å². The summed E-state index contributed by atoms with van der Waals surface area (Å²) in [4.78, 5) is 0. The molecule has 0 atom stereocenters. The second kappa shape index (κ2) is 2.42. The molecule has 3 rings (SSSR count). The van der Waals surface area contributed by atoms with Crippen LogP contribution in [0.25, 0.3) is 0 Å². The number of ether oxygens (including phenoxy) is 2. The van der Waals surface area contributed by atoms with E-state index in [2.05, 4.69) is 6.07 Å². The minimum atomic E-state index is -0.235. The Morgan fingerprint density at radius 1 is 1.21 bits per heavy atom. The minimum absolute atomic E-state index is 0.235. The fourth-order valence-corrected chi connectivity index (χ4v) is 1.78. The average molecular weight is 187 g/mol. The molecule has 70 valence electrons. The molecule has 3 nitrogen and oxygen atoms in total. The largest absolute Gasteiger partial charge is 0.454 e. The Balaban J connectivity index is 2.06. The second-order valence-corrected chi connectivity index (χ2v) is 3.76. The third-order valence-electron chi connectivity index (χ3n) is 2.89. The number of nitrogens with zero attached hydrogens (tertiary/aromatic N) is 1. The Morgan fingerprint density at radius 2 is 2.00 bits per heavy atom. The lowest BCUT2D eigenvalue weighted by atomic mass is 9.97. The summed E-state index contributed by atoms with van der Waals surface area (Å²) < 4.78 is 10.5. The van der Waals surface area contributed by atoms with Crippen LogP contribution in [0.15, 0.2) is 18.2 Å². The highest BCUT2D eigenvalue weighted by Gasteiger charge is 2.45. The lowest BCUT2D eigenvalue weighted by Crippen LogP contribution is -2.01. The number of hydrogen-bond donors (Lipinski definition) is 0. The number of nitriles is 1. The van der Waals surface area contributed by atoms with Gasteiger partial charge in [0.25, 0.3) is 0 Å². The smallest absolute Gasteiger partial charge is 0.231 e. The number of benzene rings is 1. The van der Waals surface area contributed by atoms with Gasteiger partial charge in [-0.1, -0.05) is 6.07 Å². The first kappa shape index (κ1) is 7.69. The van der Waals surface area contributed by atoms with Crippen molar-refractivity contribution in [3.05, 3.63) is 23.8 Å². The molecule has 0 amide bonds. The maximum Gasteiger partial charge on any atom is 0.231 e. The Morgan fingerprint density at radius 3 is 2.71 bits per heavy atom. The van der Waals surface area contributed by atoms with Gasteiger partial charge < -0.3 is 9.47 Å². The van der Waals surface area contributed by atoms with E-state index in [0.29, 0.717) is 6.79 Å². The number of hydrogen-bond acceptors (Lipinski definition) is 3. The first-order chi connectivity index (χ1) is 6.84. The highest BCUT2D eigenvalue weighted by molar-refractivity contribution is 5.50. The van der Waals surface area contributed by atoms with Crippen molar-refractivity contribution in [3.63, 3.8) is 0 Å². The average Bonchev–Trinajstić information content (AvgIpc) is 2.89. The topological polar surface area (TPSA) is 42.2 Å². The lowest BCUT2D eigenvalue weighted by molar-refractivity contribution is 0.174. The van der Waals surface area contributed by atoms with Crippen molar-refractivity contribution in [2.24, 2.45) is 0 Å². The van der Waals surface area contributed by atoms with E-state index in [9.17, 15) is 0 Å². The van der Waals surface area contributed by atoms with Crippen molar-refractivity contribution in [3.8, 4) is 17.6 Å². The van der Waals surface area contributed by atoms with E-state index in [0.717, 1.165) is 29.9 Å².